The minimum Gasteiger partial charge on any atom is -0.457 e. The van der Waals surface area contributed by atoms with Crippen molar-refractivity contribution in [3.05, 3.63) is 167 Å². The third-order valence-electron chi connectivity index (χ3n) is 5.95. The highest BCUT2D eigenvalue weighted by Crippen LogP contribution is 2.22. The van der Waals surface area contributed by atoms with E-state index in [0.717, 1.165) is 5.75 Å². The quantitative estimate of drug-likeness (QED) is 0.220. The lowest BCUT2D eigenvalue weighted by Crippen LogP contribution is -2.06. The molecule has 0 aromatic heterocycles. The zero-order chi connectivity index (χ0) is 25.6. The van der Waals surface area contributed by atoms with Crippen LogP contribution in [0.25, 0.3) is 0 Å². The molecule has 0 unspecified atom stereocenters. The lowest BCUT2D eigenvalue weighted by molar-refractivity contribution is 0.102. The molecule has 0 amide bonds. The molecule has 0 aliphatic heterocycles. The van der Waals surface area contributed by atoms with Crippen LogP contribution in [0.15, 0.2) is 133 Å². The molecule has 178 valence electrons. The van der Waals surface area contributed by atoms with Gasteiger partial charge in [-0.1, -0.05) is 97.1 Å². The Kier molecular flexibility index (Phi) is 6.82. The Labute approximate surface area is 214 Å². The first kappa shape index (κ1) is 23.6. The summed E-state index contributed by atoms with van der Waals surface area (Å²) in [6, 6.07) is 38.6. The Balaban J connectivity index is 1.25. The fourth-order valence-corrected chi connectivity index (χ4v) is 3.93. The average molecular weight is 483 g/mol. The molecule has 0 saturated heterocycles. The van der Waals surface area contributed by atoms with Crippen LogP contribution in [-0.4, -0.2) is 17.3 Å². The topological polar surface area (TPSA) is 60.4 Å². The van der Waals surface area contributed by atoms with Crippen LogP contribution in [0, 0.1) is 0 Å². The van der Waals surface area contributed by atoms with Crippen LogP contribution >= 0.6 is 0 Å². The number of benzene rings is 5. The third-order valence-corrected chi connectivity index (χ3v) is 5.95. The van der Waals surface area contributed by atoms with E-state index >= 15 is 0 Å². The molecular formula is C33H22O4. The first-order chi connectivity index (χ1) is 18.1. The minimum atomic E-state index is -0.180. The van der Waals surface area contributed by atoms with Gasteiger partial charge in [-0.2, -0.15) is 0 Å². The van der Waals surface area contributed by atoms with Gasteiger partial charge in [0, 0.05) is 33.4 Å². The molecule has 0 aliphatic carbocycles. The van der Waals surface area contributed by atoms with Gasteiger partial charge in [0.05, 0.1) is 0 Å². The predicted molar refractivity (Wildman–Crippen MR) is 143 cm³/mol. The van der Waals surface area contributed by atoms with Crippen LogP contribution in [0.4, 0.5) is 0 Å². The standard InChI is InChI=1S/C33H22O4/c34-31(23-7-3-1-4-8-23)24-11-13-25(14-12-24)32(35)26-15-17-27(18-16-26)33(36)28-19-21-30(22-20-28)37-29-9-5-2-6-10-29/h1-22H. The molecule has 0 saturated carbocycles. The van der Waals surface area contributed by atoms with E-state index in [4.69, 9.17) is 4.74 Å². The molecule has 4 heteroatoms. The van der Waals surface area contributed by atoms with Gasteiger partial charge in [-0.25, -0.2) is 0 Å². The summed E-state index contributed by atoms with van der Waals surface area (Å²) in [7, 11) is 0. The Morgan fingerprint density at radius 1 is 0.324 bits per heavy atom. The molecule has 0 radical (unpaired) electrons. The molecule has 0 heterocycles. The summed E-state index contributed by atoms with van der Waals surface area (Å²) < 4.78 is 5.78. The maximum absolute atomic E-state index is 13.0. The summed E-state index contributed by atoms with van der Waals surface area (Å²) in [5.74, 6) is 0.940. The third kappa shape index (κ3) is 5.44. The number of hydrogen-bond acceptors (Lipinski definition) is 4. The second-order valence-corrected chi connectivity index (χ2v) is 8.45. The Morgan fingerprint density at radius 2 is 0.595 bits per heavy atom. The van der Waals surface area contributed by atoms with Gasteiger partial charge in [-0.05, 0) is 36.4 Å². The number of ether oxygens (including phenoxy) is 1. The zero-order valence-electron chi connectivity index (χ0n) is 19.8. The predicted octanol–water partition coefficient (Wildman–Crippen LogP) is 7.17. The van der Waals surface area contributed by atoms with Crippen molar-refractivity contribution in [2.75, 3.05) is 0 Å². The Hall–Kier alpha value is -5.09. The van der Waals surface area contributed by atoms with E-state index < -0.39 is 0 Å². The van der Waals surface area contributed by atoms with Gasteiger partial charge in [0.1, 0.15) is 11.5 Å². The van der Waals surface area contributed by atoms with Gasteiger partial charge in [0.15, 0.2) is 17.3 Å². The second-order valence-electron chi connectivity index (χ2n) is 8.45. The molecule has 0 N–H and O–H groups in total. The molecule has 5 aromatic carbocycles. The first-order valence-corrected chi connectivity index (χ1v) is 11.8. The normalized spacial score (nSPS) is 10.5. The minimum absolute atomic E-state index is 0.0953. The van der Waals surface area contributed by atoms with Crippen molar-refractivity contribution in [2.45, 2.75) is 0 Å². The van der Waals surface area contributed by atoms with Gasteiger partial charge >= 0.3 is 0 Å². The van der Waals surface area contributed by atoms with E-state index in [9.17, 15) is 14.4 Å². The average Bonchev–Trinajstić information content (AvgIpc) is 2.97. The lowest BCUT2D eigenvalue weighted by atomic mass is 9.97. The highest BCUT2D eigenvalue weighted by Gasteiger charge is 2.14. The van der Waals surface area contributed by atoms with E-state index in [2.05, 4.69) is 0 Å². The number of carbonyl (C=O) groups is 3. The molecule has 0 spiro atoms. The maximum atomic E-state index is 13.0. The van der Waals surface area contributed by atoms with Crippen molar-refractivity contribution in [3.63, 3.8) is 0 Å². The van der Waals surface area contributed by atoms with Gasteiger partial charge in [0.25, 0.3) is 0 Å². The Morgan fingerprint density at radius 3 is 0.973 bits per heavy atom. The summed E-state index contributed by atoms with van der Waals surface area (Å²) in [6.07, 6.45) is 0. The molecule has 0 bridgehead atoms. The molecule has 0 fully saturated rings. The van der Waals surface area contributed by atoms with E-state index in [-0.39, 0.29) is 17.3 Å². The highest BCUT2D eigenvalue weighted by atomic mass is 16.5. The van der Waals surface area contributed by atoms with Crippen molar-refractivity contribution in [1.82, 2.24) is 0 Å². The van der Waals surface area contributed by atoms with Gasteiger partial charge in [0.2, 0.25) is 0 Å². The molecule has 0 aliphatic rings. The smallest absolute Gasteiger partial charge is 0.193 e. The van der Waals surface area contributed by atoms with Crippen molar-refractivity contribution in [3.8, 4) is 11.5 Å². The molecule has 5 aromatic rings. The summed E-state index contributed by atoms with van der Waals surface area (Å²) in [6.45, 7) is 0. The van der Waals surface area contributed by atoms with Gasteiger partial charge in [-0.3, -0.25) is 14.4 Å². The van der Waals surface area contributed by atoms with Crippen molar-refractivity contribution in [1.29, 1.82) is 0 Å². The summed E-state index contributed by atoms with van der Waals surface area (Å²) >= 11 is 0. The lowest BCUT2D eigenvalue weighted by Gasteiger charge is -2.07. The van der Waals surface area contributed by atoms with Crippen LogP contribution in [0.3, 0.4) is 0 Å². The van der Waals surface area contributed by atoms with E-state index in [1.54, 1.807) is 84.9 Å². The van der Waals surface area contributed by atoms with Crippen molar-refractivity contribution < 1.29 is 19.1 Å². The summed E-state index contributed by atoms with van der Waals surface area (Å²) in [5, 5.41) is 0. The molecule has 37 heavy (non-hydrogen) atoms. The summed E-state index contributed by atoms with van der Waals surface area (Å²) in [4.78, 5) is 38.5. The fourth-order valence-electron chi connectivity index (χ4n) is 3.93. The number of para-hydroxylation sites is 1. The Bertz CT molecular complexity index is 1540. The number of rotatable bonds is 8. The highest BCUT2D eigenvalue weighted by molar-refractivity contribution is 6.13. The van der Waals surface area contributed by atoms with Crippen LogP contribution in [0.1, 0.15) is 47.8 Å². The monoisotopic (exact) mass is 482 g/mol. The fraction of sp³-hybridized carbons (Fsp3) is 0. The van der Waals surface area contributed by atoms with Gasteiger partial charge in [-0.15, -0.1) is 0 Å². The van der Waals surface area contributed by atoms with Gasteiger partial charge < -0.3 is 4.74 Å². The zero-order valence-corrected chi connectivity index (χ0v) is 19.8. The van der Waals surface area contributed by atoms with Crippen LogP contribution in [-0.2, 0) is 0 Å². The maximum Gasteiger partial charge on any atom is 0.193 e. The van der Waals surface area contributed by atoms with E-state index in [1.807, 2.05) is 48.5 Å². The van der Waals surface area contributed by atoms with E-state index in [1.165, 1.54) is 0 Å². The van der Waals surface area contributed by atoms with Crippen molar-refractivity contribution >= 4 is 17.3 Å². The SMILES string of the molecule is O=C(c1ccccc1)c1ccc(C(=O)c2ccc(C(=O)c3ccc(Oc4ccccc4)cc3)cc2)cc1. The number of ketones is 3. The molecule has 5 rings (SSSR count). The molecular weight excluding hydrogens is 460 g/mol. The molecule has 4 nitrogen and oxygen atoms in total. The second kappa shape index (κ2) is 10.7. The van der Waals surface area contributed by atoms with E-state index in [0.29, 0.717) is 39.1 Å². The van der Waals surface area contributed by atoms with Crippen LogP contribution in [0.5, 0.6) is 11.5 Å². The first-order valence-electron chi connectivity index (χ1n) is 11.8. The molecule has 0 atom stereocenters. The number of hydrogen-bond donors (Lipinski definition) is 0. The summed E-state index contributed by atoms with van der Waals surface area (Å²) in [5.41, 5.74) is 3.06. The largest absolute Gasteiger partial charge is 0.457 e. The van der Waals surface area contributed by atoms with Crippen molar-refractivity contribution in [2.24, 2.45) is 0 Å². The van der Waals surface area contributed by atoms with Crippen LogP contribution in [0.2, 0.25) is 0 Å². The van der Waals surface area contributed by atoms with Crippen LogP contribution < -0.4 is 4.74 Å². The number of carbonyl (C=O) groups excluding carboxylic acids is 3.